The molecule has 0 spiro atoms. The number of nitrogens with zero attached hydrogens (tertiary/aromatic N) is 2. The molecule has 2 heterocycles. The summed E-state index contributed by atoms with van der Waals surface area (Å²) in [7, 11) is 0. The van der Waals surface area contributed by atoms with E-state index >= 15 is 0 Å². The fourth-order valence-electron chi connectivity index (χ4n) is 3.63. The average molecular weight is 344 g/mol. The number of hydrogen-bond acceptors (Lipinski definition) is 3. The normalized spacial score (nSPS) is 20.2. The lowest BCUT2D eigenvalue weighted by molar-refractivity contribution is 0.136. The van der Waals surface area contributed by atoms with Gasteiger partial charge in [0.1, 0.15) is 5.82 Å². The molecule has 1 saturated heterocycles. The third-order valence-corrected chi connectivity index (χ3v) is 4.90. The number of aliphatic hydroxyl groups is 1. The van der Waals surface area contributed by atoms with Crippen LogP contribution in [0.3, 0.4) is 0 Å². The predicted molar refractivity (Wildman–Crippen MR) is 98.2 cm³/mol. The number of aliphatic hydroxyl groups excluding tert-OH is 1. The molecule has 25 heavy (non-hydrogen) atoms. The van der Waals surface area contributed by atoms with Crippen molar-refractivity contribution in [2.45, 2.75) is 58.2 Å². The van der Waals surface area contributed by atoms with Gasteiger partial charge in [0.2, 0.25) is 0 Å². The summed E-state index contributed by atoms with van der Waals surface area (Å²) in [5, 5.41) is 12.8. The zero-order valence-electron chi connectivity index (χ0n) is 15.2. The number of carbonyl (C=O) groups excluding carboxylic acids is 1. The van der Waals surface area contributed by atoms with E-state index in [2.05, 4.69) is 29.1 Å². The van der Waals surface area contributed by atoms with Gasteiger partial charge in [-0.2, -0.15) is 0 Å². The highest BCUT2D eigenvalue weighted by molar-refractivity contribution is 5.77. The van der Waals surface area contributed by atoms with Gasteiger partial charge in [0.15, 0.2) is 0 Å². The predicted octanol–water partition coefficient (Wildman–Crippen LogP) is 3.20. The fourth-order valence-corrected chi connectivity index (χ4v) is 3.63. The molecule has 3 N–H and O–H groups in total. The third-order valence-electron chi connectivity index (χ3n) is 4.90. The third kappa shape index (κ3) is 3.95. The Morgan fingerprint density at radius 1 is 1.40 bits per heavy atom. The van der Waals surface area contributed by atoms with Crippen molar-refractivity contribution in [1.29, 1.82) is 0 Å². The largest absolute Gasteiger partial charge is 0.393 e. The molecule has 6 heteroatoms. The summed E-state index contributed by atoms with van der Waals surface area (Å²) in [6.07, 6.45) is 2.18. The molecular formula is C19H28N4O2. The van der Waals surface area contributed by atoms with Gasteiger partial charge in [-0.05, 0) is 44.2 Å². The van der Waals surface area contributed by atoms with Gasteiger partial charge in [0.25, 0.3) is 0 Å². The van der Waals surface area contributed by atoms with Gasteiger partial charge in [0.05, 0.1) is 23.2 Å². The number of urea groups is 1. The monoisotopic (exact) mass is 344 g/mol. The highest BCUT2D eigenvalue weighted by atomic mass is 16.3. The number of aromatic amines is 1. The molecule has 1 aromatic heterocycles. The number of hydrogen-bond donors (Lipinski definition) is 3. The number of likely N-dealkylation sites (tertiary alicyclic amines) is 1. The van der Waals surface area contributed by atoms with Crippen molar-refractivity contribution in [3.8, 4) is 0 Å². The van der Waals surface area contributed by atoms with E-state index in [0.717, 1.165) is 36.2 Å². The molecule has 0 unspecified atom stereocenters. The van der Waals surface area contributed by atoms with Crippen LogP contribution >= 0.6 is 0 Å². The molecule has 0 aliphatic carbocycles. The standard InChI is InChI=1S/C19H28N4O2/c1-12(2)17(18-20-15-8-4-5-9-16(15)21-18)22-19(25)23-10-6-7-14(23)11-13(3)24/h4-5,8-9,12-14,17,24H,6-7,10-11H2,1-3H3,(H,20,21)(H,22,25)/t13-,14+,17-/m0/s1. The highest BCUT2D eigenvalue weighted by Crippen LogP contribution is 2.25. The van der Waals surface area contributed by atoms with Crippen LogP contribution in [0.2, 0.25) is 0 Å². The van der Waals surface area contributed by atoms with Crippen molar-refractivity contribution in [2.24, 2.45) is 5.92 Å². The lowest BCUT2D eigenvalue weighted by Crippen LogP contribution is -2.46. The van der Waals surface area contributed by atoms with Gasteiger partial charge in [-0.15, -0.1) is 0 Å². The minimum atomic E-state index is -0.394. The number of para-hydroxylation sites is 2. The summed E-state index contributed by atoms with van der Waals surface area (Å²) < 4.78 is 0. The van der Waals surface area contributed by atoms with Gasteiger partial charge < -0.3 is 20.3 Å². The lowest BCUT2D eigenvalue weighted by atomic mass is 10.0. The van der Waals surface area contributed by atoms with Crippen LogP contribution in [-0.4, -0.2) is 44.7 Å². The minimum Gasteiger partial charge on any atom is -0.393 e. The van der Waals surface area contributed by atoms with E-state index in [1.54, 1.807) is 6.92 Å². The number of H-pyrrole nitrogens is 1. The fraction of sp³-hybridized carbons (Fsp3) is 0.579. The first kappa shape index (κ1) is 17.7. The first-order valence-corrected chi connectivity index (χ1v) is 9.15. The quantitative estimate of drug-likeness (QED) is 0.779. The zero-order chi connectivity index (χ0) is 18.0. The molecule has 0 bridgehead atoms. The Morgan fingerprint density at radius 3 is 2.84 bits per heavy atom. The summed E-state index contributed by atoms with van der Waals surface area (Å²) in [6, 6.07) is 7.76. The number of aromatic nitrogens is 2. The van der Waals surface area contributed by atoms with E-state index in [1.165, 1.54) is 0 Å². The number of fused-ring (bicyclic) bond motifs is 1. The van der Waals surface area contributed by atoms with Crippen LogP contribution in [0.5, 0.6) is 0 Å². The van der Waals surface area contributed by atoms with E-state index in [-0.39, 0.29) is 24.0 Å². The Bertz CT molecular complexity index is 692. The van der Waals surface area contributed by atoms with E-state index in [9.17, 15) is 9.90 Å². The molecule has 1 aromatic carbocycles. The Labute approximate surface area is 148 Å². The van der Waals surface area contributed by atoms with E-state index in [4.69, 9.17) is 0 Å². The molecule has 6 nitrogen and oxygen atoms in total. The summed E-state index contributed by atoms with van der Waals surface area (Å²) in [4.78, 5) is 22.7. The number of nitrogens with one attached hydrogen (secondary N) is 2. The van der Waals surface area contributed by atoms with Crippen molar-refractivity contribution < 1.29 is 9.90 Å². The summed E-state index contributed by atoms with van der Waals surface area (Å²) >= 11 is 0. The molecule has 136 valence electrons. The van der Waals surface area contributed by atoms with Crippen LogP contribution in [0.15, 0.2) is 24.3 Å². The Balaban J connectivity index is 1.76. The number of benzene rings is 1. The Hall–Kier alpha value is -2.08. The van der Waals surface area contributed by atoms with Crippen LogP contribution in [-0.2, 0) is 0 Å². The number of amides is 2. The molecule has 2 aromatic rings. The molecule has 1 fully saturated rings. The second kappa shape index (κ2) is 7.44. The van der Waals surface area contributed by atoms with Crippen molar-refractivity contribution in [1.82, 2.24) is 20.2 Å². The second-order valence-corrected chi connectivity index (χ2v) is 7.38. The molecule has 1 aliphatic rings. The van der Waals surface area contributed by atoms with Crippen LogP contribution in [0.25, 0.3) is 11.0 Å². The Morgan fingerprint density at radius 2 is 2.16 bits per heavy atom. The molecule has 3 atom stereocenters. The molecule has 0 radical (unpaired) electrons. The smallest absolute Gasteiger partial charge is 0.318 e. The van der Waals surface area contributed by atoms with Crippen molar-refractivity contribution in [2.75, 3.05) is 6.54 Å². The number of carbonyl (C=O) groups is 1. The van der Waals surface area contributed by atoms with Crippen LogP contribution < -0.4 is 5.32 Å². The van der Waals surface area contributed by atoms with E-state index in [1.807, 2.05) is 29.2 Å². The van der Waals surface area contributed by atoms with Gasteiger partial charge in [-0.1, -0.05) is 26.0 Å². The first-order chi connectivity index (χ1) is 12.0. The first-order valence-electron chi connectivity index (χ1n) is 9.15. The highest BCUT2D eigenvalue weighted by Gasteiger charge is 2.32. The molecule has 1 aliphatic heterocycles. The summed E-state index contributed by atoms with van der Waals surface area (Å²) in [6.45, 7) is 6.68. The molecular weight excluding hydrogens is 316 g/mol. The van der Waals surface area contributed by atoms with Crippen LogP contribution in [0.4, 0.5) is 4.79 Å². The molecule has 0 saturated carbocycles. The summed E-state index contributed by atoms with van der Waals surface area (Å²) in [5.41, 5.74) is 1.89. The zero-order valence-corrected chi connectivity index (χ0v) is 15.2. The summed E-state index contributed by atoms with van der Waals surface area (Å²) in [5.74, 6) is 0.998. The van der Waals surface area contributed by atoms with Gasteiger partial charge in [-0.3, -0.25) is 0 Å². The average Bonchev–Trinajstić information content (AvgIpc) is 3.17. The SMILES string of the molecule is CC(C)[C@H](NC(=O)N1CCC[C@@H]1C[C@H](C)O)c1nc2ccccc2[nH]1. The van der Waals surface area contributed by atoms with Gasteiger partial charge in [-0.25, -0.2) is 9.78 Å². The molecule has 3 rings (SSSR count). The van der Waals surface area contributed by atoms with Gasteiger partial charge in [0, 0.05) is 12.6 Å². The number of rotatable bonds is 5. The maximum absolute atomic E-state index is 12.8. The second-order valence-electron chi connectivity index (χ2n) is 7.38. The maximum atomic E-state index is 12.8. The Kier molecular flexibility index (Phi) is 5.27. The van der Waals surface area contributed by atoms with Crippen molar-refractivity contribution in [3.63, 3.8) is 0 Å². The maximum Gasteiger partial charge on any atom is 0.318 e. The van der Waals surface area contributed by atoms with Crippen LogP contribution in [0.1, 0.15) is 51.9 Å². The van der Waals surface area contributed by atoms with E-state index < -0.39 is 6.10 Å². The lowest BCUT2D eigenvalue weighted by Gasteiger charge is -2.29. The van der Waals surface area contributed by atoms with Gasteiger partial charge >= 0.3 is 6.03 Å². The minimum absolute atomic E-state index is 0.0673. The number of imidazole rings is 1. The van der Waals surface area contributed by atoms with Crippen molar-refractivity contribution in [3.05, 3.63) is 30.1 Å². The van der Waals surface area contributed by atoms with Crippen LogP contribution in [0, 0.1) is 5.92 Å². The van der Waals surface area contributed by atoms with E-state index in [0.29, 0.717) is 6.42 Å². The van der Waals surface area contributed by atoms with Crippen molar-refractivity contribution >= 4 is 17.1 Å². The molecule has 2 amide bonds. The topological polar surface area (TPSA) is 81.2 Å².